The van der Waals surface area contributed by atoms with Gasteiger partial charge in [0.1, 0.15) is 11.3 Å². The number of benzene rings is 1. The van der Waals surface area contributed by atoms with Gasteiger partial charge in [0.25, 0.3) is 0 Å². The number of furan rings is 1. The zero-order valence-corrected chi connectivity index (χ0v) is 12.9. The normalized spacial score (nSPS) is 14.4. The summed E-state index contributed by atoms with van der Waals surface area (Å²) >= 11 is 0. The first-order chi connectivity index (χ1) is 9.70. The Bertz CT molecular complexity index is 609. The predicted octanol–water partition coefficient (Wildman–Crippen LogP) is 4.54. The molecule has 2 nitrogen and oxygen atoms in total. The first kappa shape index (κ1) is 13.7. The van der Waals surface area contributed by atoms with Gasteiger partial charge in [0.15, 0.2) is 0 Å². The molecule has 1 aliphatic carbocycles. The van der Waals surface area contributed by atoms with Gasteiger partial charge >= 0.3 is 0 Å². The van der Waals surface area contributed by atoms with Crippen LogP contribution in [0.3, 0.4) is 0 Å². The van der Waals surface area contributed by atoms with Gasteiger partial charge in [-0.25, -0.2) is 0 Å². The highest BCUT2D eigenvalue weighted by Gasteiger charge is 2.20. The summed E-state index contributed by atoms with van der Waals surface area (Å²) < 4.78 is 6.17. The molecule has 0 unspecified atom stereocenters. The maximum atomic E-state index is 6.17. The second kappa shape index (κ2) is 5.61. The van der Waals surface area contributed by atoms with E-state index in [9.17, 15) is 0 Å². The molecule has 0 saturated heterocycles. The summed E-state index contributed by atoms with van der Waals surface area (Å²) in [6, 6.07) is 4.67. The van der Waals surface area contributed by atoms with Crippen LogP contribution in [0.1, 0.15) is 62.0 Å². The standard InChI is InChI=1S/C18H25NO/c1-4-8-19-11-17-18(12(2)3)15-9-13-6-5-7-14(13)10-16(15)20-17/h9-10,12,19H,4-8,11H2,1-3H3. The molecule has 1 aromatic carbocycles. The molecule has 1 N–H and O–H groups in total. The molecule has 0 radical (unpaired) electrons. The summed E-state index contributed by atoms with van der Waals surface area (Å²) in [5.41, 5.74) is 5.52. The van der Waals surface area contributed by atoms with Gasteiger partial charge < -0.3 is 9.73 Å². The molecule has 2 aromatic rings. The average molecular weight is 271 g/mol. The average Bonchev–Trinajstić information content (AvgIpc) is 2.98. The molecule has 0 atom stereocenters. The fraction of sp³-hybridized carbons (Fsp3) is 0.556. The van der Waals surface area contributed by atoms with E-state index in [1.165, 1.54) is 41.3 Å². The van der Waals surface area contributed by atoms with Crippen LogP contribution in [0.15, 0.2) is 16.5 Å². The van der Waals surface area contributed by atoms with Gasteiger partial charge in [-0.15, -0.1) is 0 Å². The lowest BCUT2D eigenvalue weighted by Crippen LogP contribution is -2.14. The van der Waals surface area contributed by atoms with E-state index in [1.807, 2.05) is 0 Å². The molecule has 1 aromatic heterocycles. The van der Waals surface area contributed by atoms with Crippen LogP contribution in [0.25, 0.3) is 11.0 Å². The molecule has 0 aliphatic heterocycles. The number of fused-ring (bicyclic) bond motifs is 2. The van der Waals surface area contributed by atoms with Crippen LogP contribution in [-0.4, -0.2) is 6.54 Å². The molecule has 0 saturated carbocycles. The highest BCUT2D eigenvalue weighted by molar-refractivity contribution is 5.84. The smallest absolute Gasteiger partial charge is 0.134 e. The molecule has 20 heavy (non-hydrogen) atoms. The van der Waals surface area contributed by atoms with Gasteiger partial charge in [-0.3, -0.25) is 0 Å². The summed E-state index contributed by atoms with van der Waals surface area (Å²) in [6.07, 6.45) is 4.90. The molecule has 0 fully saturated rings. The van der Waals surface area contributed by atoms with Crippen LogP contribution in [0.2, 0.25) is 0 Å². The third-order valence-corrected chi connectivity index (χ3v) is 4.31. The van der Waals surface area contributed by atoms with Gasteiger partial charge in [0, 0.05) is 10.9 Å². The molecule has 0 spiro atoms. The Labute approximate surface area is 121 Å². The van der Waals surface area contributed by atoms with E-state index >= 15 is 0 Å². The van der Waals surface area contributed by atoms with Crippen molar-refractivity contribution in [3.8, 4) is 0 Å². The summed E-state index contributed by atoms with van der Waals surface area (Å²) in [6.45, 7) is 8.62. The maximum Gasteiger partial charge on any atom is 0.134 e. The summed E-state index contributed by atoms with van der Waals surface area (Å²) in [5.74, 6) is 1.64. The monoisotopic (exact) mass is 271 g/mol. The van der Waals surface area contributed by atoms with Crippen molar-refractivity contribution in [2.24, 2.45) is 0 Å². The quantitative estimate of drug-likeness (QED) is 0.807. The van der Waals surface area contributed by atoms with E-state index in [1.54, 1.807) is 0 Å². The van der Waals surface area contributed by atoms with Crippen LogP contribution in [0.4, 0.5) is 0 Å². The number of hydrogen-bond donors (Lipinski definition) is 1. The Kier molecular flexibility index (Phi) is 3.84. The highest BCUT2D eigenvalue weighted by Crippen LogP contribution is 2.36. The van der Waals surface area contributed by atoms with Gasteiger partial charge in [0.2, 0.25) is 0 Å². The number of aryl methyl sites for hydroxylation is 2. The molecule has 3 rings (SSSR count). The van der Waals surface area contributed by atoms with Gasteiger partial charge in [0.05, 0.1) is 6.54 Å². The summed E-state index contributed by atoms with van der Waals surface area (Å²) in [5, 5.41) is 4.81. The largest absolute Gasteiger partial charge is 0.459 e. The summed E-state index contributed by atoms with van der Waals surface area (Å²) in [7, 11) is 0. The van der Waals surface area contributed by atoms with E-state index in [2.05, 4.69) is 38.2 Å². The Morgan fingerprint density at radius 1 is 1.20 bits per heavy atom. The molecule has 1 aliphatic rings. The fourth-order valence-corrected chi connectivity index (χ4v) is 3.38. The Hall–Kier alpha value is -1.28. The molecular weight excluding hydrogens is 246 g/mol. The maximum absolute atomic E-state index is 6.17. The fourth-order valence-electron chi connectivity index (χ4n) is 3.38. The van der Waals surface area contributed by atoms with Crippen molar-refractivity contribution in [1.82, 2.24) is 5.32 Å². The molecule has 108 valence electrons. The van der Waals surface area contributed by atoms with E-state index in [4.69, 9.17) is 4.42 Å². The molecule has 0 amide bonds. The molecule has 0 bridgehead atoms. The highest BCUT2D eigenvalue weighted by atomic mass is 16.3. The van der Waals surface area contributed by atoms with Crippen LogP contribution >= 0.6 is 0 Å². The number of nitrogens with one attached hydrogen (secondary N) is 1. The zero-order valence-electron chi connectivity index (χ0n) is 12.9. The van der Waals surface area contributed by atoms with E-state index < -0.39 is 0 Å². The zero-order chi connectivity index (χ0) is 14.1. The molecule has 2 heteroatoms. The van der Waals surface area contributed by atoms with Crippen molar-refractivity contribution < 1.29 is 4.42 Å². The Morgan fingerprint density at radius 3 is 2.65 bits per heavy atom. The minimum atomic E-state index is 0.508. The topological polar surface area (TPSA) is 25.2 Å². The number of rotatable bonds is 5. The second-order valence-corrected chi connectivity index (χ2v) is 6.24. The van der Waals surface area contributed by atoms with Gasteiger partial charge in [-0.05, 0) is 61.4 Å². The van der Waals surface area contributed by atoms with Crippen LogP contribution in [0, 0.1) is 0 Å². The van der Waals surface area contributed by atoms with E-state index in [-0.39, 0.29) is 0 Å². The van der Waals surface area contributed by atoms with Crippen LogP contribution < -0.4 is 5.32 Å². The minimum Gasteiger partial charge on any atom is -0.459 e. The first-order valence-electron chi connectivity index (χ1n) is 7.98. The van der Waals surface area contributed by atoms with Gasteiger partial charge in [-0.1, -0.05) is 20.8 Å². The van der Waals surface area contributed by atoms with Crippen molar-refractivity contribution in [2.75, 3.05) is 6.54 Å². The first-order valence-corrected chi connectivity index (χ1v) is 7.98. The molecular formula is C18H25NO. The van der Waals surface area contributed by atoms with Crippen molar-refractivity contribution in [3.05, 3.63) is 34.6 Å². The lowest BCUT2D eigenvalue weighted by Gasteiger charge is -2.07. The van der Waals surface area contributed by atoms with E-state index in [0.717, 1.165) is 30.9 Å². The number of hydrogen-bond acceptors (Lipinski definition) is 2. The van der Waals surface area contributed by atoms with Crippen molar-refractivity contribution in [3.63, 3.8) is 0 Å². The van der Waals surface area contributed by atoms with Crippen molar-refractivity contribution in [2.45, 2.75) is 58.9 Å². The lowest BCUT2D eigenvalue weighted by atomic mass is 9.97. The lowest BCUT2D eigenvalue weighted by molar-refractivity contribution is 0.504. The Balaban J connectivity index is 2.04. The van der Waals surface area contributed by atoms with Crippen LogP contribution in [-0.2, 0) is 19.4 Å². The van der Waals surface area contributed by atoms with Gasteiger partial charge in [-0.2, -0.15) is 0 Å². The van der Waals surface area contributed by atoms with Crippen molar-refractivity contribution >= 4 is 11.0 Å². The van der Waals surface area contributed by atoms with E-state index in [0.29, 0.717) is 5.92 Å². The SMILES string of the molecule is CCCNCc1oc2cc3c(cc2c1C(C)C)CCC3. The van der Waals surface area contributed by atoms with Crippen LogP contribution in [0.5, 0.6) is 0 Å². The minimum absolute atomic E-state index is 0.508. The Morgan fingerprint density at radius 2 is 1.95 bits per heavy atom. The predicted molar refractivity (Wildman–Crippen MR) is 84.3 cm³/mol. The third kappa shape index (κ3) is 2.37. The summed E-state index contributed by atoms with van der Waals surface area (Å²) in [4.78, 5) is 0. The molecule has 1 heterocycles. The third-order valence-electron chi connectivity index (χ3n) is 4.31. The second-order valence-electron chi connectivity index (χ2n) is 6.24. The van der Waals surface area contributed by atoms with Crippen molar-refractivity contribution in [1.29, 1.82) is 0 Å².